The van der Waals surface area contributed by atoms with E-state index < -0.39 is 0 Å². The predicted octanol–water partition coefficient (Wildman–Crippen LogP) is 0.0217. The molecule has 12 heavy (non-hydrogen) atoms. The first-order valence-electron chi connectivity index (χ1n) is 4.01. The van der Waals surface area contributed by atoms with Crippen LogP contribution in [-0.4, -0.2) is 25.0 Å². The van der Waals surface area contributed by atoms with Crippen molar-refractivity contribution in [2.75, 3.05) is 13.1 Å². The van der Waals surface area contributed by atoms with Crippen LogP contribution in [0.25, 0.3) is 0 Å². The second kappa shape index (κ2) is 6.45. The quantitative estimate of drug-likeness (QED) is 0.267. The van der Waals surface area contributed by atoms with Gasteiger partial charge in [0, 0.05) is 19.5 Å². The monoisotopic (exact) mass is 172 g/mol. The molecule has 0 atom stereocenters. The Balaban J connectivity index is 3.19. The van der Waals surface area contributed by atoms with Gasteiger partial charge in [-0.3, -0.25) is 5.41 Å². The Morgan fingerprint density at radius 1 is 1.50 bits per heavy atom. The van der Waals surface area contributed by atoms with Crippen molar-refractivity contribution in [3.63, 3.8) is 0 Å². The number of urea groups is 1. The van der Waals surface area contributed by atoms with Crippen LogP contribution >= 0.6 is 0 Å². The smallest absolute Gasteiger partial charge is 0.314 e. The largest absolute Gasteiger partial charge is 0.388 e. The van der Waals surface area contributed by atoms with Crippen LogP contribution in [0.2, 0.25) is 0 Å². The zero-order valence-electron chi connectivity index (χ0n) is 7.31. The molecular weight excluding hydrogens is 156 g/mol. The van der Waals surface area contributed by atoms with Gasteiger partial charge in [-0.1, -0.05) is 0 Å². The Kier molecular flexibility index (Phi) is 5.77. The number of amidine groups is 1. The normalized spacial score (nSPS) is 9.08. The molecule has 0 aromatic carbocycles. The lowest BCUT2D eigenvalue weighted by Crippen LogP contribution is -2.35. The lowest BCUT2D eigenvalue weighted by Gasteiger charge is -2.04. The molecule has 0 radical (unpaired) electrons. The van der Waals surface area contributed by atoms with Crippen LogP contribution < -0.4 is 16.4 Å². The van der Waals surface area contributed by atoms with Crippen LogP contribution in [0.4, 0.5) is 4.79 Å². The summed E-state index contributed by atoms with van der Waals surface area (Å²) >= 11 is 0. The minimum Gasteiger partial charge on any atom is -0.388 e. The Hall–Kier alpha value is -1.26. The average molecular weight is 172 g/mol. The fourth-order valence-corrected chi connectivity index (χ4v) is 0.704. The highest BCUT2D eigenvalue weighted by atomic mass is 16.2. The van der Waals surface area contributed by atoms with Crippen molar-refractivity contribution in [2.45, 2.75) is 19.8 Å². The van der Waals surface area contributed by atoms with Crippen LogP contribution in [0, 0.1) is 5.41 Å². The Bertz CT molecular complexity index is 157. The third-order valence-electron chi connectivity index (χ3n) is 1.25. The van der Waals surface area contributed by atoms with E-state index in [4.69, 9.17) is 11.1 Å². The molecule has 0 aromatic rings. The first-order valence-corrected chi connectivity index (χ1v) is 4.01. The van der Waals surface area contributed by atoms with Crippen molar-refractivity contribution in [3.05, 3.63) is 0 Å². The molecule has 0 rings (SSSR count). The third-order valence-corrected chi connectivity index (χ3v) is 1.25. The van der Waals surface area contributed by atoms with E-state index in [0.29, 0.717) is 25.9 Å². The maximum Gasteiger partial charge on any atom is 0.314 e. The highest BCUT2D eigenvalue weighted by molar-refractivity contribution is 5.77. The van der Waals surface area contributed by atoms with Crippen LogP contribution in [0.1, 0.15) is 19.8 Å². The molecule has 5 N–H and O–H groups in total. The maximum atomic E-state index is 10.8. The van der Waals surface area contributed by atoms with Gasteiger partial charge in [0.2, 0.25) is 0 Å². The van der Waals surface area contributed by atoms with Crippen LogP contribution in [-0.2, 0) is 0 Å². The number of hydrogen-bond donors (Lipinski definition) is 4. The fourth-order valence-electron chi connectivity index (χ4n) is 0.704. The molecule has 0 aliphatic heterocycles. The van der Waals surface area contributed by atoms with Gasteiger partial charge in [0.1, 0.15) is 0 Å². The van der Waals surface area contributed by atoms with E-state index in [1.54, 1.807) is 0 Å². The van der Waals surface area contributed by atoms with Crippen molar-refractivity contribution in [3.8, 4) is 0 Å². The molecule has 0 saturated carbocycles. The van der Waals surface area contributed by atoms with E-state index in [9.17, 15) is 4.79 Å². The van der Waals surface area contributed by atoms with E-state index in [2.05, 4.69) is 10.6 Å². The SMILES string of the molecule is CCNC(=O)NCCCC(=N)N. The maximum absolute atomic E-state index is 10.8. The van der Waals surface area contributed by atoms with Gasteiger partial charge in [-0.25, -0.2) is 4.79 Å². The molecule has 0 aliphatic carbocycles. The van der Waals surface area contributed by atoms with Crippen LogP contribution in [0.15, 0.2) is 0 Å². The molecule has 5 heteroatoms. The van der Waals surface area contributed by atoms with E-state index in [0.717, 1.165) is 0 Å². The lowest BCUT2D eigenvalue weighted by molar-refractivity contribution is 0.241. The Labute approximate surface area is 72.2 Å². The van der Waals surface area contributed by atoms with E-state index in [-0.39, 0.29) is 11.9 Å². The van der Waals surface area contributed by atoms with Crippen LogP contribution in [0.5, 0.6) is 0 Å². The Morgan fingerprint density at radius 3 is 2.67 bits per heavy atom. The predicted molar refractivity (Wildman–Crippen MR) is 48.2 cm³/mol. The fraction of sp³-hybridized carbons (Fsp3) is 0.714. The number of hydrogen-bond acceptors (Lipinski definition) is 2. The number of nitrogens with one attached hydrogen (secondary N) is 3. The summed E-state index contributed by atoms with van der Waals surface area (Å²) in [6.45, 7) is 3.04. The molecule has 0 bridgehead atoms. The molecule has 0 unspecified atom stereocenters. The van der Waals surface area contributed by atoms with E-state index in [1.807, 2.05) is 6.92 Å². The third kappa shape index (κ3) is 6.85. The van der Waals surface area contributed by atoms with Gasteiger partial charge in [-0.2, -0.15) is 0 Å². The van der Waals surface area contributed by atoms with Crippen molar-refractivity contribution in [1.29, 1.82) is 5.41 Å². The van der Waals surface area contributed by atoms with Crippen molar-refractivity contribution in [1.82, 2.24) is 10.6 Å². The molecule has 0 spiro atoms. The first-order chi connectivity index (χ1) is 5.66. The zero-order chi connectivity index (χ0) is 9.40. The molecule has 2 amide bonds. The summed E-state index contributed by atoms with van der Waals surface area (Å²) in [7, 11) is 0. The van der Waals surface area contributed by atoms with Crippen LogP contribution in [0.3, 0.4) is 0 Å². The Morgan fingerprint density at radius 2 is 2.17 bits per heavy atom. The van der Waals surface area contributed by atoms with Gasteiger partial charge in [0.25, 0.3) is 0 Å². The zero-order valence-corrected chi connectivity index (χ0v) is 7.31. The summed E-state index contributed by atoms with van der Waals surface area (Å²) in [4.78, 5) is 10.8. The number of nitrogens with two attached hydrogens (primary N) is 1. The van der Waals surface area contributed by atoms with Crippen molar-refractivity contribution >= 4 is 11.9 Å². The minimum absolute atomic E-state index is 0.160. The molecular formula is C7H16N4O. The summed E-state index contributed by atoms with van der Waals surface area (Å²) in [6.07, 6.45) is 1.25. The average Bonchev–Trinajstić information content (AvgIpc) is 1.98. The van der Waals surface area contributed by atoms with Gasteiger partial charge in [-0.15, -0.1) is 0 Å². The van der Waals surface area contributed by atoms with Crippen molar-refractivity contribution < 1.29 is 4.79 Å². The highest BCUT2D eigenvalue weighted by Crippen LogP contribution is 1.83. The molecule has 5 nitrogen and oxygen atoms in total. The molecule has 0 aromatic heterocycles. The number of rotatable bonds is 5. The summed E-state index contributed by atoms with van der Waals surface area (Å²) in [5, 5.41) is 12.1. The second-order valence-corrected chi connectivity index (χ2v) is 2.42. The lowest BCUT2D eigenvalue weighted by atomic mass is 10.3. The summed E-state index contributed by atoms with van der Waals surface area (Å²) in [5.41, 5.74) is 5.12. The number of carbonyl (C=O) groups excluding carboxylic acids is 1. The summed E-state index contributed by atoms with van der Waals surface area (Å²) in [6, 6.07) is -0.166. The second-order valence-electron chi connectivity index (χ2n) is 2.42. The minimum atomic E-state index is -0.166. The van der Waals surface area contributed by atoms with Gasteiger partial charge in [0.15, 0.2) is 0 Å². The molecule has 70 valence electrons. The van der Waals surface area contributed by atoms with E-state index in [1.165, 1.54) is 0 Å². The first kappa shape index (κ1) is 10.7. The summed E-state index contributed by atoms with van der Waals surface area (Å²) < 4.78 is 0. The molecule has 0 fully saturated rings. The number of amides is 2. The number of carbonyl (C=O) groups is 1. The topological polar surface area (TPSA) is 91.0 Å². The van der Waals surface area contributed by atoms with Gasteiger partial charge in [0.05, 0.1) is 5.84 Å². The molecule has 0 aliphatic rings. The molecule has 0 saturated heterocycles. The standard InChI is InChI=1S/C7H16N4O/c1-2-10-7(12)11-5-3-4-6(8)9/h2-5H2,1H3,(H3,8,9)(H2,10,11,12). The van der Waals surface area contributed by atoms with Gasteiger partial charge < -0.3 is 16.4 Å². The van der Waals surface area contributed by atoms with Gasteiger partial charge in [-0.05, 0) is 13.3 Å². The van der Waals surface area contributed by atoms with Gasteiger partial charge >= 0.3 is 6.03 Å². The van der Waals surface area contributed by atoms with Crippen molar-refractivity contribution in [2.24, 2.45) is 5.73 Å². The molecule has 0 heterocycles. The van der Waals surface area contributed by atoms with E-state index >= 15 is 0 Å². The summed E-state index contributed by atoms with van der Waals surface area (Å²) in [5.74, 6) is 0.160. The highest BCUT2D eigenvalue weighted by Gasteiger charge is 1.96.